The van der Waals surface area contributed by atoms with Gasteiger partial charge in [-0.25, -0.2) is 4.98 Å². The van der Waals surface area contributed by atoms with Crippen molar-refractivity contribution in [1.29, 1.82) is 0 Å². The second kappa shape index (κ2) is 11.7. The number of fused-ring (bicyclic) bond motifs is 6. The van der Waals surface area contributed by atoms with Crippen molar-refractivity contribution < 1.29 is 8.83 Å². The number of para-hydroxylation sites is 1. The second-order valence-corrected chi connectivity index (χ2v) is 13.5. The van der Waals surface area contributed by atoms with Crippen molar-refractivity contribution in [2.75, 3.05) is 4.90 Å². The van der Waals surface area contributed by atoms with E-state index in [1.165, 1.54) is 27.5 Å². The van der Waals surface area contributed by atoms with Crippen LogP contribution >= 0.6 is 0 Å². The van der Waals surface area contributed by atoms with Crippen molar-refractivity contribution in [1.82, 2.24) is 4.98 Å². The van der Waals surface area contributed by atoms with Gasteiger partial charge in [0.05, 0.1) is 0 Å². The zero-order valence-corrected chi connectivity index (χ0v) is 28.5. The molecule has 0 unspecified atom stereocenters. The summed E-state index contributed by atoms with van der Waals surface area (Å²) in [6.07, 6.45) is 0. The van der Waals surface area contributed by atoms with E-state index in [1.807, 2.05) is 42.5 Å². The quantitative estimate of drug-likeness (QED) is 0.176. The lowest BCUT2D eigenvalue weighted by Gasteiger charge is -2.26. The molecule has 10 aromatic rings. The maximum absolute atomic E-state index is 6.41. The fraction of sp³-hybridized carbons (Fsp3) is 0. The first kappa shape index (κ1) is 29.5. The minimum Gasteiger partial charge on any atom is -0.456 e. The summed E-state index contributed by atoms with van der Waals surface area (Å²) in [7, 11) is 0. The predicted molar refractivity (Wildman–Crippen MR) is 217 cm³/mol. The highest BCUT2D eigenvalue weighted by Crippen LogP contribution is 2.50. The van der Waals surface area contributed by atoms with Crippen LogP contribution in [0.2, 0.25) is 0 Å². The van der Waals surface area contributed by atoms with Gasteiger partial charge in [-0.15, -0.1) is 0 Å². The standard InChI is InChI=1S/C49H30N2O2/c1-3-10-31(11-4-1)32-18-22-35(23-19-32)51(37-26-29-45-43(30-37)39-14-7-8-17-44(39)52-45)36-24-20-33(21-25-36)38-27-28-41-46-40(38)15-9-16-42(46)48-47(41)50-49(53-48)34-12-5-2-6-13-34/h1-30H. The number of nitrogens with zero attached hydrogens (tertiary/aromatic N) is 2. The van der Waals surface area contributed by atoms with Gasteiger partial charge < -0.3 is 13.7 Å². The molecule has 0 aliphatic heterocycles. The molecule has 1 aliphatic rings. The molecule has 11 rings (SSSR count). The summed E-state index contributed by atoms with van der Waals surface area (Å²) >= 11 is 0. The smallest absolute Gasteiger partial charge is 0.227 e. The van der Waals surface area contributed by atoms with Crippen molar-refractivity contribution in [3.63, 3.8) is 0 Å². The Morgan fingerprint density at radius 3 is 1.75 bits per heavy atom. The average Bonchev–Trinajstić information content (AvgIpc) is 3.92. The summed E-state index contributed by atoms with van der Waals surface area (Å²) in [5.41, 5.74) is 13.8. The molecule has 0 atom stereocenters. The molecule has 0 amide bonds. The summed E-state index contributed by atoms with van der Waals surface area (Å²) in [5, 5.41) is 4.58. The molecule has 0 spiro atoms. The summed E-state index contributed by atoms with van der Waals surface area (Å²) in [6, 6.07) is 63.9. The normalized spacial score (nSPS) is 11.8. The van der Waals surface area contributed by atoms with Gasteiger partial charge in [0.15, 0.2) is 5.76 Å². The van der Waals surface area contributed by atoms with Crippen LogP contribution in [0.15, 0.2) is 191 Å². The summed E-state index contributed by atoms with van der Waals surface area (Å²) < 4.78 is 12.6. The predicted octanol–water partition coefficient (Wildman–Crippen LogP) is 13.8. The molecule has 0 bridgehead atoms. The number of benzene rings is 8. The molecule has 53 heavy (non-hydrogen) atoms. The summed E-state index contributed by atoms with van der Waals surface area (Å²) in [4.78, 5) is 7.29. The van der Waals surface area contributed by atoms with Crippen molar-refractivity contribution in [2.24, 2.45) is 0 Å². The Labute approximate surface area is 305 Å². The van der Waals surface area contributed by atoms with Crippen LogP contribution in [0.4, 0.5) is 17.1 Å². The number of aromatic nitrogens is 1. The number of hydrogen-bond acceptors (Lipinski definition) is 4. The van der Waals surface area contributed by atoms with Crippen LogP contribution in [0.25, 0.3) is 89.0 Å². The van der Waals surface area contributed by atoms with E-state index in [0.717, 1.165) is 72.7 Å². The molecule has 0 saturated carbocycles. The van der Waals surface area contributed by atoms with Gasteiger partial charge in [0, 0.05) is 49.9 Å². The monoisotopic (exact) mass is 678 g/mol. The average molecular weight is 679 g/mol. The second-order valence-electron chi connectivity index (χ2n) is 13.5. The minimum atomic E-state index is 0.650. The molecule has 0 saturated heterocycles. The third-order valence-corrected chi connectivity index (χ3v) is 10.5. The van der Waals surface area contributed by atoms with Crippen LogP contribution in [-0.2, 0) is 0 Å². The van der Waals surface area contributed by atoms with E-state index in [1.54, 1.807) is 0 Å². The fourth-order valence-corrected chi connectivity index (χ4v) is 7.96. The Morgan fingerprint density at radius 2 is 0.981 bits per heavy atom. The van der Waals surface area contributed by atoms with E-state index < -0.39 is 0 Å². The highest BCUT2D eigenvalue weighted by atomic mass is 16.4. The van der Waals surface area contributed by atoms with Crippen molar-refractivity contribution in [2.45, 2.75) is 0 Å². The van der Waals surface area contributed by atoms with Gasteiger partial charge in [-0.05, 0) is 88.3 Å². The van der Waals surface area contributed by atoms with Gasteiger partial charge in [-0.3, -0.25) is 0 Å². The zero-order valence-electron chi connectivity index (χ0n) is 28.5. The SMILES string of the molecule is c1ccc(-c2ccc(N(c3ccc(-c4ccc5c6c(cccc46)-c4oc(-c6ccccc6)nc4-5)cc3)c3ccc4oc5ccccc5c4c3)cc2)cc1. The van der Waals surface area contributed by atoms with E-state index in [-0.39, 0.29) is 0 Å². The molecule has 2 heterocycles. The number of furan rings is 1. The molecule has 1 aliphatic carbocycles. The molecule has 4 nitrogen and oxygen atoms in total. The Hall–Kier alpha value is -7.17. The van der Waals surface area contributed by atoms with Crippen LogP contribution in [0.5, 0.6) is 0 Å². The lowest BCUT2D eigenvalue weighted by atomic mass is 9.94. The highest BCUT2D eigenvalue weighted by molar-refractivity contribution is 6.17. The first-order chi connectivity index (χ1) is 26.3. The molecule has 4 heteroatoms. The van der Waals surface area contributed by atoms with Crippen LogP contribution in [0.1, 0.15) is 0 Å². The largest absolute Gasteiger partial charge is 0.456 e. The first-order valence-electron chi connectivity index (χ1n) is 17.9. The molecule has 0 fully saturated rings. The molecule has 2 aromatic heterocycles. The lowest BCUT2D eigenvalue weighted by molar-refractivity contribution is 0.590. The number of anilines is 3. The number of rotatable bonds is 6. The van der Waals surface area contributed by atoms with Gasteiger partial charge in [-0.1, -0.05) is 121 Å². The van der Waals surface area contributed by atoms with Gasteiger partial charge in [-0.2, -0.15) is 0 Å². The minimum absolute atomic E-state index is 0.650. The van der Waals surface area contributed by atoms with Gasteiger partial charge in [0.25, 0.3) is 0 Å². The fourth-order valence-electron chi connectivity index (χ4n) is 7.96. The highest BCUT2D eigenvalue weighted by Gasteiger charge is 2.29. The van der Waals surface area contributed by atoms with Gasteiger partial charge in [0.2, 0.25) is 5.89 Å². The summed E-state index contributed by atoms with van der Waals surface area (Å²) in [5.74, 6) is 1.49. The first-order valence-corrected chi connectivity index (χ1v) is 17.9. The van der Waals surface area contributed by atoms with Crippen molar-refractivity contribution in [3.05, 3.63) is 182 Å². The topological polar surface area (TPSA) is 42.4 Å². The van der Waals surface area contributed by atoms with Crippen LogP contribution in [-0.4, -0.2) is 4.98 Å². The maximum Gasteiger partial charge on any atom is 0.227 e. The van der Waals surface area contributed by atoms with Crippen LogP contribution in [0, 0.1) is 0 Å². The third kappa shape index (κ3) is 4.73. The van der Waals surface area contributed by atoms with E-state index in [9.17, 15) is 0 Å². The van der Waals surface area contributed by atoms with E-state index in [2.05, 4.69) is 144 Å². The Bertz CT molecular complexity index is 2950. The van der Waals surface area contributed by atoms with Crippen LogP contribution < -0.4 is 4.90 Å². The van der Waals surface area contributed by atoms with Gasteiger partial charge in [0.1, 0.15) is 16.9 Å². The maximum atomic E-state index is 6.41. The van der Waals surface area contributed by atoms with E-state index in [4.69, 9.17) is 13.8 Å². The Balaban J connectivity index is 1.00. The van der Waals surface area contributed by atoms with Crippen LogP contribution in [0.3, 0.4) is 0 Å². The molecule has 8 aromatic carbocycles. The third-order valence-electron chi connectivity index (χ3n) is 10.5. The Kier molecular flexibility index (Phi) is 6.52. The van der Waals surface area contributed by atoms with Gasteiger partial charge >= 0.3 is 0 Å². The molecule has 248 valence electrons. The number of oxazole rings is 1. The molecular weight excluding hydrogens is 649 g/mol. The van der Waals surface area contributed by atoms with E-state index in [0.29, 0.717) is 5.89 Å². The lowest BCUT2D eigenvalue weighted by Crippen LogP contribution is -2.09. The molecule has 0 radical (unpaired) electrons. The Morgan fingerprint density at radius 1 is 0.377 bits per heavy atom. The molecule has 0 N–H and O–H groups in total. The van der Waals surface area contributed by atoms with Crippen molar-refractivity contribution >= 4 is 49.8 Å². The zero-order chi connectivity index (χ0) is 34.9. The summed E-state index contributed by atoms with van der Waals surface area (Å²) in [6.45, 7) is 0. The van der Waals surface area contributed by atoms with E-state index >= 15 is 0 Å². The number of hydrogen-bond donors (Lipinski definition) is 0. The van der Waals surface area contributed by atoms with Crippen molar-refractivity contribution in [3.8, 4) is 56.3 Å². The molecular formula is C49H30N2O2.